The van der Waals surface area contributed by atoms with E-state index in [1.807, 2.05) is 63.1 Å². The summed E-state index contributed by atoms with van der Waals surface area (Å²) in [6, 6.07) is 18.5. The molecule has 1 N–H and O–H groups in total. The highest BCUT2D eigenvalue weighted by atomic mass is 16.6. The van der Waals surface area contributed by atoms with Gasteiger partial charge in [-0.3, -0.25) is 4.79 Å². The molecule has 1 fully saturated rings. The van der Waals surface area contributed by atoms with E-state index >= 15 is 0 Å². The van der Waals surface area contributed by atoms with Gasteiger partial charge < -0.3 is 24.8 Å². The number of hydrogen-bond acceptors (Lipinski definition) is 7. The van der Waals surface area contributed by atoms with Gasteiger partial charge in [-0.05, 0) is 81.7 Å². The van der Waals surface area contributed by atoms with Gasteiger partial charge in [-0.2, -0.15) is 4.98 Å². The van der Waals surface area contributed by atoms with Gasteiger partial charge in [0.05, 0.1) is 11.9 Å². The minimum atomic E-state index is -0.548. The molecule has 2 aliphatic rings. The molecule has 2 aromatic carbocycles. The molecule has 1 saturated heterocycles. The van der Waals surface area contributed by atoms with Crippen molar-refractivity contribution in [2.24, 2.45) is 0 Å². The number of rotatable bonds is 11. The second-order valence-corrected chi connectivity index (χ2v) is 13.6. The minimum Gasteiger partial charge on any atom is -0.444 e. The summed E-state index contributed by atoms with van der Waals surface area (Å²) in [5.41, 5.74) is 3.92. The Morgan fingerprint density at radius 3 is 2.55 bits per heavy atom. The Morgan fingerprint density at radius 1 is 1.02 bits per heavy atom. The van der Waals surface area contributed by atoms with Crippen molar-refractivity contribution in [3.05, 3.63) is 77.9 Å². The fraction of sp³-hybridized carbons (Fsp3) is 0.474. The first-order chi connectivity index (χ1) is 22.6. The van der Waals surface area contributed by atoms with E-state index in [2.05, 4.69) is 53.6 Å². The highest BCUT2D eigenvalue weighted by molar-refractivity contribution is 5.90. The summed E-state index contributed by atoms with van der Waals surface area (Å²) in [5.74, 6) is 1.50. The van der Waals surface area contributed by atoms with Gasteiger partial charge in [0.25, 0.3) is 0 Å². The zero-order valence-electron chi connectivity index (χ0n) is 28.7. The smallest absolute Gasteiger partial charge is 0.410 e. The van der Waals surface area contributed by atoms with Crippen LogP contribution >= 0.6 is 0 Å². The summed E-state index contributed by atoms with van der Waals surface area (Å²) in [7, 11) is 1.99. The van der Waals surface area contributed by atoms with Crippen LogP contribution in [0.3, 0.4) is 0 Å². The highest BCUT2D eigenvalue weighted by Crippen LogP contribution is 2.31. The van der Waals surface area contributed by atoms with E-state index in [4.69, 9.17) is 14.7 Å². The Bertz CT molecular complexity index is 1600. The third-order valence-corrected chi connectivity index (χ3v) is 8.64. The van der Waals surface area contributed by atoms with Crippen LogP contribution in [0.15, 0.2) is 72.3 Å². The summed E-state index contributed by atoms with van der Waals surface area (Å²) in [6.07, 6.45) is 9.26. The number of benzene rings is 2. The molecular weight excluding hydrogens is 588 g/mol. The van der Waals surface area contributed by atoms with Crippen molar-refractivity contribution in [2.45, 2.75) is 77.9 Å². The summed E-state index contributed by atoms with van der Waals surface area (Å²) in [6.45, 7) is 10.7. The van der Waals surface area contributed by atoms with Gasteiger partial charge in [-0.25, -0.2) is 9.78 Å². The fourth-order valence-electron chi connectivity index (χ4n) is 6.26. The normalized spacial score (nSPS) is 16.7. The Kier molecular flexibility index (Phi) is 11.2. The van der Waals surface area contributed by atoms with Crippen molar-refractivity contribution in [3.63, 3.8) is 0 Å². The molecule has 3 aromatic rings. The van der Waals surface area contributed by atoms with Crippen LogP contribution in [0.25, 0.3) is 16.5 Å². The zero-order valence-corrected chi connectivity index (χ0v) is 28.7. The van der Waals surface area contributed by atoms with Gasteiger partial charge in [0.15, 0.2) is 0 Å². The molecule has 1 aliphatic carbocycles. The van der Waals surface area contributed by atoms with E-state index < -0.39 is 5.60 Å². The van der Waals surface area contributed by atoms with Crippen LogP contribution in [0.2, 0.25) is 0 Å². The van der Waals surface area contributed by atoms with E-state index in [1.165, 1.54) is 11.1 Å². The number of allylic oxidation sites excluding steroid dienone is 3. The van der Waals surface area contributed by atoms with Crippen molar-refractivity contribution in [3.8, 4) is 0 Å². The number of likely N-dealkylation sites (tertiary alicyclic amines) is 1. The Hall–Kier alpha value is -4.40. The summed E-state index contributed by atoms with van der Waals surface area (Å²) < 4.78 is 5.65. The predicted octanol–water partition coefficient (Wildman–Crippen LogP) is 7.31. The number of amides is 2. The molecule has 1 unspecified atom stereocenters. The van der Waals surface area contributed by atoms with E-state index in [1.54, 1.807) is 4.90 Å². The molecule has 0 radical (unpaired) electrons. The number of carbonyl (C=O) groups is 2. The Labute approximate surface area is 279 Å². The number of nitrogens with zero attached hydrogens (tertiary/aromatic N) is 5. The van der Waals surface area contributed by atoms with E-state index in [0.29, 0.717) is 45.1 Å². The van der Waals surface area contributed by atoms with Crippen LogP contribution in [0.5, 0.6) is 0 Å². The first kappa shape index (κ1) is 33.9. The average molecular weight is 639 g/mol. The molecule has 0 bridgehead atoms. The number of aromatic nitrogens is 2. The maximum Gasteiger partial charge on any atom is 0.410 e. The van der Waals surface area contributed by atoms with Gasteiger partial charge in [0.1, 0.15) is 11.4 Å². The molecule has 1 aliphatic heterocycles. The number of carbonyl (C=O) groups excluding carboxylic acids is 2. The molecular formula is C38H50N6O3. The summed E-state index contributed by atoms with van der Waals surface area (Å²) in [4.78, 5) is 42.0. The Morgan fingerprint density at radius 2 is 1.79 bits per heavy atom. The number of fused-ring (bicyclic) bond motifs is 1. The molecule has 9 nitrogen and oxygen atoms in total. The quantitative estimate of drug-likeness (QED) is 0.236. The molecule has 2 amide bonds. The van der Waals surface area contributed by atoms with Gasteiger partial charge in [0, 0.05) is 51.2 Å². The molecule has 1 aromatic heterocycles. The lowest BCUT2D eigenvalue weighted by Crippen LogP contribution is -2.41. The third-order valence-electron chi connectivity index (χ3n) is 8.64. The van der Waals surface area contributed by atoms with E-state index in [0.717, 1.165) is 54.4 Å². The molecule has 9 heteroatoms. The number of likely N-dealkylation sites (N-methyl/N-ethyl adjacent to an activating group) is 1. The van der Waals surface area contributed by atoms with Crippen molar-refractivity contribution in [1.29, 1.82) is 0 Å². The Balaban J connectivity index is 1.26. The monoisotopic (exact) mass is 638 g/mol. The van der Waals surface area contributed by atoms with Crippen molar-refractivity contribution in [1.82, 2.24) is 19.8 Å². The second kappa shape index (κ2) is 15.5. The molecule has 47 heavy (non-hydrogen) atoms. The predicted molar refractivity (Wildman–Crippen MR) is 190 cm³/mol. The third kappa shape index (κ3) is 9.11. The molecule has 250 valence electrons. The average Bonchev–Trinajstić information content (AvgIpc) is 3.39. The molecule has 0 spiro atoms. The lowest BCUT2D eigenvalue weighted by Gasteiger charge is -2.29. The van der Waals surface area contributed by atoms with Crippen LogP contribution in [0.4, 0.5) is 16.6 Å². The molecule has 0 saturated carbocycles. The first-order valence-corrected chi connectivity index (χ1v) is 17.1. The lowest BCUT2D eigenvalue weighted by molar-refractivity contribution is -0.129. The van der Waals surface area contributed by atoms with Crippen LogP contribution in [0.1, 0.15) is 71.8 Å². The topological polar surface area (TPSA) is 90.9 Å². The summed E-state index contributed by atoms with van der Waals surface area (Å²) in [5, 5.41) is 4.48. The number of para-hydroxylation sites is 1. The summed E-state index contributed by atoms with van der Waals surface area (Å²) >= 11 is 0. The van der Waals surface area contributed by atoms with Gasteiger partial charge >= 0.3 is 6.09 Å². The van der Waals surface area contributed by atoms with Crippen LogP contribution in [-0.2, 0) is 9.53 Å². The van der Waals surface area contributed by atoms with Gasteiger partial charge in [0.2, 0.25) is 11.9 Å². The standard InChI is InChI=1S/C38H50N6O3/c1-6-22-43(37(46)47-38(2,3)4)25-24-42(5)35-32-19-13-14-20-33(32)40-36(41-35)39-30-21-23-44(27-30)34(45)26-29-17-11-8-12-18-31(29)28-15-9-7-10-16-28/h7,9-11,13-17,19-20,30H,6,8,12,18,21-27H2,1-5H3,(H,39,40,41). The molecule has 1 atom stereocenters. The minimum absolute atomic E-state index is 0.0535. The van der Waals surface area contributed by atoms with Gasteiger partial charge in [-0.1, -0.05) is 61.5 Å². The van der Waals surface area contributed by atoms with Crippen LogP contribution in [-0.4, -0.2) is 83.2 Å². The van der Waals surface area contributed by atoms with E-state index in [-0.39, 0.29) is 18.0 Å². The second-order valence-electron chi connectivity index (χ2n) is 13.6. The van der Waals surface area contributed by atoms with Crippen molar-refractivity contribution < 1.29 is 14.3 Å². The SMILES string of the molecule is CCCN(CCN(C)c1nc(NC2CCN(C(=O)CC3=C(c4ccccc4)CCCC=C3)C2)nc2ccccc12)C(=O)OC(C)(C)C. The fourth-order valence-corrected chi connectivity index (χ4v) is 6.26. The number of anilines is 2. The van der Waals surface area contributed by atoms with Crippen molar-refractivity contribution in [2.75, 3.05) is 50.0 Å². The number of nitrogens with one attached hydrogen (secondary N) is 1. The van der Waals surface area contributed by atoms with Crippen molar-refractivity contribution >= 4 is 40.2 Å². The van der Waals surface area contributed by atoms with Crippen LogP contribution < -0.4 is 10.2 Å². The lowest BCUT2D eigenvalue weighted by atomic mass is 9.94. The number of hydrogen-bond donors (Lipinski definition) is 1. The van der Waals surface area contributed by atoms with E-state index in [9.17, 15) is 9.59 Å². The zero-order chi connectivity index (χ0) is 33.4. The highest BCUT2D eigenvalue weighted by Gasteiger charge is 2.28. The van der Waals surface area contributed by atoms with Gasteiger partial charge in [-0.15, -0.1) is 0 Å². The first-order valence-electron chi connectivity index (χ1n) is 17.1. The number of ether oxygens (including phenoxy) is 1. The molecule has 2 heterocycles. The molecule has 5 rings (SSSR count). The largest absolute Gasteiger partial charge is 0.444 e. The maximum atomic E-state index is 13.6. The maximum absolute atomic E-state index is 13.6. The van der Waals surface area contributed by atoms with Crippen LogP contribution in [0, 0.1) is 0 Å².